The highest BCUT2D eigenvalue weighted by Crippen LogP contribution is 2.04. The van der Waals surface area contributed by atoms with Crippen molar-refractivity contribution in [2.75, 3.05) is 6.54 Å². The fourth-order valence-electron chi connectivity index (χ4n) is 1.27. The first-order valence-corrected chi connectivity index (χ1v) is 4.22. The van der Waals surface area contributed by atoms with Crippen LogP contribution in [0.15, 0.2) is 18.3 Å². The predicted molar refractivity (Wildman–Crippen MR) is 47.5 cm³/mol. The molecule has 0 fully saturated rings. The van der Waals surface area contributed by atoms with Crippen LogP contribution in [0.2, 0.25) is 0 Å². The molecule has 2 N–H and O–H groups in total. The largest absolute Gasteiger partial charge is 0.352 e. The van der Waals surface area contributed by atoms with Crippen LogP contribution < -0.4 is 5.73 Å². The fraction of sp³-hybridized carbons (Fsp3) is 0.556. The molecule has 0 saturated carbocycles. The van der Waals surface area contributed by atoms with Crippen LogP contribution in [0.5, 0.6) is 0 Å². The van der Waals surface area contributed by atoms with E-state index in [0.717, 1.165) is 25.9 Å². The Bertz CT molecular complexity index is 203. The minimum Gasteiger partial charge on any atom is -0.352 e. The van der Waals surface area contributed by atoms with Crippen molar-refractivity contribution in [3.63, 3.8) is 0 Å². The van der Waals surface area contributed by atoms with Crippen LogP contribution in [0.1, 0.15) is 19.0 Å². The molecular weight excluding hydrogens is 136 g/mol. The number of aromatic nitrogens is 1. The second-order valence-corrected chi connectivity index (χ2v) is 2.68. The highest BCUT2D eigenvalue weighted by Gasteiger charge is 1.96. The van der Waals surface area contributed by atoms with Crippen molar-refractivity contribution in [1.82, 2.24) is 4.57 Å². The summed E-state index contributed by atoms with van der Waals surface area (Å²) in [7, 11) is 0. The summed E-state index contributed by atoms with van der Waals surface area (Å²) >= 11 is 0. The summed E-state index contributed by atoms with van der Waals surface area (Å²) in [5.41, 5.74) is 6.83. The zero-order chi connectivity index (χ0) is 8.10. The van der Waals surface area contributed by atoms with Gasteiger partial charge in [0.25, 0.3) is 0 Å². The van der Waals surface area contributed by atoms with Gasteiger partial charge in [0.05, 0.1) is 0 Å². The van der Waals surface area contributed by atoms with E-state index in [9.17, 15) is 0 Å². The molecule has 0 spiro atoms. The molecule has 0 aliphatic rings. The van der Waals surface area contributed by atoms with Crippen LogP contribution in [0.25, 0.3) is 0 Å². The highest BCUT2D eigenvalue weighted by molar-refractivity contribution is 5.07. The Balaban J connectivity index is 2.54. The van der Waals surface area contributed by atoms with Gasteiger partial charge in [-0.05, 0) is 38.4 Å². The second-order valence-electron chi connectivity index (χ2n) is 2.68. The van der Waals surface area contributed by atoms with E-state index in [1.54, 1.807) is 0 Å². The lowest BCUT2D eigenvalue weighted by Crippen LogP contribution is -2.04. The van der Waals surface area contributed by atoms with Crippen LogP contribution in [0, 0.1) is 0 Å². The molecule has 1 heterocycles. The minimum atomic E-state index is 0.787. The van der Waals surface area contributed by atoms with E-state index in [0.29, 0.717) is 0 Å². The van der Waals surface area contributed by atoms with Gasteiger partial charge in [0.2, 0.25) is 0 Å². The van der Waals surface area contributed by atoms with Crippen molar-refractivity contribution >= 4 is 0 Å². The first-order chi connectivity index (χ1) is 5.38. The zero-order valence-corrected chi connectivity index (χ0v) is 7.09. The van der Waals surface area contributed by atoms with E-state index in [1.165, 1.54) is 5.69 Å². The Morgan fingerprint density at radius 2 is 2.36 bits per heavy atom. The van der Waals surface area contributed by atoms with E-state index < -0.39 is 0 Å². The quantitative estimate of drug-likeness (QED) is 0.694. The van der Waals surface area contributed by atoms with Crippen molar-refractivity contribution in [2.45, 2.75) is 26.3 Å². The Morgan fingerprint density at radius 1 is 1.55 bits per heavy atom. The van der Waals surface area contributed by atoms with E-state index >= 15 is 0 Å². The van der Waals surface area contributed by atoms with Crippen molar-refractivity contribution in [1.29, 1.82) is 0 Å². The summed E-state index contributed by atoms with van der Waals surface area (Å²) in [5, 5.41) is 0. The summed E-state index contributed by atoms with van der Waals surface area (Å²) in [4.78, 5) is 0. The van der Waals surface area contributed by atoms with Gasteiger partial charge in [0.1, 0.15) is 0 Å². The lowest BCUT2D eigenvalue weighted by Gasteiger charge is -2.04. The monoisotopic (exact) mass is 152 g/mol. The van der Waals surface area contributed by atoms with Crippen LogP contribution >= 0.6 is 0 Å². The van der Waals surface area contributed by atoms with Gasteiger partial charge in [0, 0.05) is 18.4 Å². The van der Waals surface area contributed by atoms with Gasteiger partial charge in [-0.25, -0.2) is 0 Å². The topological polar surface area (TPSA) is 30.9 Å². The molecule has 62 valence electrons. The van der Waals surface area contributed by atoms with Crippen LogP contribution in [0.4, 0.5) is 0 Å². The van der Waals surface area contributed by atoms with Crippen molar-refractivity contribution in [3.8, 4) is 0 Å². The van der Waals surface area contributed by atoms with Gasteiger partial charge in [0.15, 0.2) is 0 Å². The standard InChI is InChI=1S/C9H16N2/c1-2-11-8-4-6-9(11)5-3-7-10/h4,6,8H,2-3,5,7,10H2,1H3. The summed E-state index contributed by atoms with van der Waals surface area (Å²) in [6, 6.07) is 4.26. The SMILES string of the molecule is CCn1cccc1CCCN. The fourth-order valence-corrected chi connectivity index (χ4v) is 1.27. The molecule has 11 heavy (non-hydrogen) atoms. The third-order valence-corrected chi connectivity index (χ3v) is 1.90. The summed E-state index contributed by atoms with van der Waals surface area (Å²) in [6.07, 6.45) is 4.31. The number of aryl methyl sites for hydroxylation is 2. The summed E-state index contributed by atoms with van der Waals surface area (Å²) in [6.45, 7) is 4.01. The first kappa shape index (κ1) is 8.34. The average molecular weight is 152 g/mol. The molecule has 0 radical (unpaired) electrons. The number of hydrogen-bond donors (Lipinski definition) is 1. The van der Waals surface area contributed by atoms with Crippen LogP contribution in [-0.4, -0.2) is 11.1 Å². The lowest BCUT2D eigenvalue weighted by atomic mass is 10.2. The molecule has 2 heteroatoms. The third kappa shape index (κ3) is 2.09. The molecule has 2 nitrogen and oxygen atoms in total. The van der Waals surface area contributed by atoms with Gasteiger partial charge in [-0.2, -0.15) is 0 Å². The molecule has 0 atom stereocenters. The zero-order valence-electron chi connectivity index (χ0n) is 7.09. The van der Waals surface area contributed by atoms with E-state index in [4.69, 9.17) is 5.73 Å². The molecule has 0 aromatic carbocycles. The molecule has 0 bridgehead atoms. The Labute approximate surface area is 68.0 Å². The van der Waals surface area contributed by atoms with Crippen LogP contribution in [-0.2, 0) is 13.0 Å². The predicted octanol–water partition coefficient (Wildman–Crippen LogP) is 1.40. The minimum absolute atomic E-state index is 0.787. The maximum absolute atomic E-state index is 5.43. The first-order valence-electron chi connectivity index (χ1n) is 4.22. The summed E-state index contributed by atoms with van der Waals surface area (Å²) in [5.74, 6) is 0. The summed E-state index contributed by atoms with van der Waals surface area (Å²) < 4.78 is 2.26. The number of hydrogen-bond acceptors (Lipinski definition) is 1. The highest BCUT2D eigenvalue weighted by atomic mass is 14.9. The molecule has 0 saturated heterocycles. The van der Waals surface area contributed by atoms with Gasteiger partial charge in [-0.1, -0.05) is 0 Å². The van der Waals surface area contributed by atoms with Crippen molar-refractivity contribution < 1.29 is 0 Å². The van der Waals surface area contributed by atoms with Gasteiger partial charge >= 0.3 is 0 Å². The number of rotatable bonds is 4. The Morgan fingerprint density at radius 3 is 3.00 bits per heavy atom. The average Bonchev–Trinajstić information content (AvgIpc) is 2.47. The Hall–Kier alpha value is -0.760. The second kappa shape index (κ2) is 4.19. The van der Waals surface area contributed by atoms with Crippen molar-refractivity contribution in [3.05, 3.63) is 24.0 Å². The number of nitrogens with zero attached hydrogens (tertiary/aromatic N) is 1. The Kier molecular flexibility index (Phi) is 3.17. The lowest BCUT2D eigenvalue weighted by molar-refractivity contribution is 0.690. The maximum Gasteiger partial charge on any atom is 0.0193 e. The van der Waals surface area contributed by atoms with E-state index in [1.807, 2.05) is 0 Å². The third-order valence-electron chi connectivity index (χ3n) is 1.90. The van der Waals surface area contributed by atoms with Crippen LogP contribution in [0.3, 0.4) is 0 Å². The molecule has 1 aromatic heterocycles. The molecular formula is C9H16N2. The molecule has 0 amide bonds. The molecule has 0 unspecified atom stereocenters. The van der Waals surface area contributed by atoms with Gasteiger partial charge in [-0.15, -0.1) is 0 Å². The maximum atomic E-state index is 5.43. The van der Waals surface area contributed by atoms with E-state index in [-0.39, 0.29) is 0 Å². The van der Waals surface area contributed by atoms with Gasteiger partial charge in [-0.3, -0.25) is 0 Å². The normalized spacial score (nSPS) is 10.4. The van der Waals surface area contributed by atoms with E-state index in [2.05, 4.69) is 29.8 Å². The smallest absolute Gasteiger partial charge is 0.0193 e. The molecule has 1 aromatic rings. The van der Waals surface area contributed by atoms with Gasteiger partial charge < -0.3 is 10.3 Å². The molecule has 0 aliphatic heterocycles. The van der Waals surface area contributed by atoms with Crippen molar-refractivity contribution in [2.24, 2.45) is 5.73 Å². The number of nitrogens with two attached hydrogens (primary N) is 1. The molecule has 0 aliphatic carbocycles. The molecule has 1 rings (SSSR count).